The van der Waals surface area contributed by atoms with Gasteiger partial charge >= 0.3 is 0 Å². The SMILES string of the molecule is C[C@]12CCC3C(C[C@H](O)[C@H]4C[C@@H](O)CC[C@]34C)C1CC[C@@H]2O.C[C@]12CC[C@H](O)CC1=CCC1C2CC[C@@]2(C)C1CC[C@@H]2O.I.II. The van der Waals surface area contributed by atoms with Crippen molar-refractivity contribution in [3.05, 3.63) is 11.6 Å². The quantitative estimate of drug-likeness (QED) is 0.124. The van der Waals surface area contributed by atoms with Crippen LogP contribution in [-0.2, 0) is 0 Å². The second-order valence-corrected chi connectivity index (χ2v) is 18.2. The highest BCUT2D eigenvalue weighted by atomic mass is 128. The number of hydrogen-bond acceptors (Lipinski definition) is 5. The van der Waals surface area contributed by atoms with Crippen molar-refractivity contribution in [1.82, 2.24) is 0 Å². The van der Waals surface area contributed by atoms with E-state index in [9.17, 15) is 25.5 Å². The van der Waals surface area contributed by atoms with Gasteiger partial charge in [0.15, 0.2) is 0 Å². The van der Waals surface area contributed by atoms with E-state index in [1.807, 2.05) is 0 Å². The van der Waals surface area contributed by atoms with Gasteiger partial charge in [0.25, 0.3) is 0 Å². The lowest BCUT2D eigenvalue weighted by molar-refractivity contribution is -0.174. The van der Waals surface area contributed by atoms with Crippen LogP contribution in [0.1, 0.15) is 130 Å². The van der Waals surface area contributed by atoms with Gasteiger partial charge in [0.05, 0.1) is 30.5 Å². The molecule has 0 heterocycles. The van der Waals surface area contributed by atoms with E-state index in [1.165, 1.54) is 32.1 Å². The molecule has 6 unspecified atom stereocenters. The number of aliphatic hydroxyl groups is 5. The molecular formula is C38H63I3O5. The maximum absolute atomic E-state index is 10.8. The monoisotopic (exact) mass is 980 g/mol. The Kier molecular flexibility index (Phi) is 12.4. The van der Waals surface area contributed by atoms with Gasteiger partial charge in [-0.1, -0.05) is 39.3 Å². The first-order valence-corrected chi connectivity index (χ1v) is 24.8. The van der Waals surface area contributed by atoms with Crippen LogP contribution in [0.25, 0.3) is 0 Å². The van der Waals surface area contributed by atoms with Crippen LogP contribution in [0, 0.1) is 63.1 Å². The van der Waals surface area contributed by atoms with Crippen molar-refractivity contribution in [3.8, 4) is 0 Å². The molecule has 0 amide bonds. The normalized spacial score (nSPS) is 55.1. The summed E-state index contributed by atoms with van der Waals surface area (Å²) in [5, 5.41) is 51.8. The van der Waals surface area contributed by atoms with Crippen LogP contribution in [0.15, 0.2) is 11.6 Å². The molecule has 16 atom stereocenters. The van der Waals surface area contributed by atoms with E-state index in [0.717, 1.165) is 82.5 Å². The molecule has 8 heteroatoms. The van der Waals surface area contributed by atoms with Gasteiger partial charge in [-0.05, 0) is 166 Å². The Bertz CT molecular complexity index is 1110. The van der Waals surface area contributed by atoms with Gasteiger partial charge in [0, 0.05) is 37.2 Å². The summed E-state index contributed by atoms with van der Waals surface area (Å²) in [6.45, 7) is 9.49. The van der Waals surface area contributed by atoms with Crippen LogP contribution in [0.2, 0.25) is 0 Å². The highest BCUT2D eigenvalue weighted by molar-refractivity contribution is 15.0. The molecule has 0 aromatic rings. The maximum atomic E-state index is 10.8. The van der Waals surface area contributed by atoms with E-state index < -0.39 is 0 Å². The first kappa shape index (κ1) is 38.9. The molecule has 0 bridgehead atoms. The molecule has 0 radical (unpaired) electrons. The Morgan fingerprint density at radius 3 is 1.72 bits per heavy atom. The standard InChI is InChI=1S/C19H32O3.C19H30O2.I2.HI/c1-18-7-5-11(20)9-15(18)16(21)10-12-13-3-4-17(22)19(13,2)8-6-14(12)18;1-18-9-7-13(20)11-12(18)3-4-14-15-5-6-17(21)19(15,2)10-8-16(14)18;1-2;/h11-17,20-22H,3-10H2,1-2H3;3,13-17,20-21H,4-11H2,1-2H3;;1H/t11-,12?,13?,14?,15+,16-,17-,18+,19-;13-,14?,15?,16?,17-,18-,19-;;/m00../s1. The molecule has 0 aromatic heterocycles. The number of halogens is 3. The van der Waals surface area contributed by atoms with Gasteiger partial charge in [-0.25, -0.2) is 0 Å². The topological polar surface area (TPSA) is 101 Å². The first-order chi connectivity index (χ1) is 21.3. The lowest BCUT2D eigenvalue weighted by atomic mass is 9.44. The average molecular weight is 981 g/mol. The van der Waals surface area contributed by atoms with Crippen molar-refractivity contribution < 1.29 is 25.5 Å². The van der Waals surface area contributed by atoms with Crippen LogP contribution in [0.4, 0.5) is 0 Å². The van der Waals surface area contributed by atoms with Gasteiger partial charge in [-0.2, -0.15) is 0 Å². The number of allylic oxidation sites excluding steroid dienone is 1. The Morgan fingerprint density at radius 2 is 1.09 bits per heavy atom. The molecule has 0 saturated heterocycles. The van der Waals surface area contributed by atoms with Crippen molar-refractivity contribution in [2.75, 3.05) is 0 Å². The predicted octanol–water partition coefficient (Wildman–Crippen LogP) is 8.78. The molecule has 8 aliphatic rings. The van der Waals surface area contributed by atoms with Crippen LogP contribution in [0.5, 0.6) is 0 Å². The van der Waals surface area contributed by atoms with Crippen molar-refractivity contribution in [2.45, 2.75) is 161 Å². The number of hydrogen-bond donors (Lipinski definition) is 5. The largest absolute Gasteiger partial charge is 0.393 e. The molecule has 266 valence electrons. The molecule has 5 N–H and O–H groups in total. The Balaban J connectivity index is 0.000000169. The molecule has 7 saturated carbocycles. The minimum Gasteiger partial charge on any atom is -0.393 e. The van der Waals surface area contributed by atoms with E-state index >= 15 is 0 Å². The zero-order valence-corrected chi connectivity index (χ0v) is 35.4. The molecule has 46 heavy (non-hydrogen) atoms. The molecule has 7 fully saturated rings. The molecule has 8 rings (SSSR count). The minimum atomic E-state index is -0.263. The third-order valence-electron chi connectivity index (χ3n) is 16.6. The fourth-order valence-corrected chi connectivity index (χ4v) is 13.9. The summed E-state index contributed by atoms with van der Waals surface area (Å²) in [6, 6.07) is 0. The van der Waals surface area contributed by atoms with E-state index in [2.05, 4.69) is 71.0 Å². The Labute approximate surface area is 319 Å². The predicted molar refractivity (Wildman–Crippen MR) is 212 cm³/mol. The van der Waals surface area contributed by atoms with Crippen LogP contribution >= 0.6 is 61.2 Å². The van der Waals surface area contributed by atoms with Gasteiger partial charge in [-0.15, -0.1) is 24.0 Å². The van der Waals surface area contributed by atoms with Crippen molar-refractivity contribution in [2.24, 2.45) is 63.1 Å². The van der Waals surface area contributed by atoms with Gasteiger partial charge in [0.1, 0.15) is 0 Å². The van der Waals surface area contributed by atoms with E-state index in [-0.39, 0.29) is 76.7 Å². The van der Waals surface area contributed by atoms with E-state index in [1.54, 1.807) is 5.57 Å². The van der Waals surface area contributed by atoms with Crippen LogP contribution < -0.4 is 0 Å². The summed E-state index contributed by atoms with van der Waals surface area (Å²) >= 11 is 4.24. The van der Waals surface area contributed by atoms with Crippen molar-refractivity contribution >= 4 is 61.2 Å². The summed E-state index contributed by atoms with van der Waals surface area (Å²) in [5.41, 5.74) is 2.33. The second-order valence-electron chi connectivity index (χ2n) is 18.2. The maximum Gasteiger partial charge on any atom is 0.0596 e. The van der Waals surface area contributed by atoms with Crippen LogP contribution in [0.3, 0.4) is 0 Å². The van der Waals surface area contributed by atoms with Crippen molar-refractivity contribution in [3.63, 3.8) is 0 Å². The summed E-state index contributed by atoms with van der Waals surface area (Å²) in [5.74, 6) is 4.37. The minimum absolute atomic E-state index is 0. The fourth-order valence-electron chi connectivity index (χ4n) is 13.9. The number of rotatable bonds is 0. The number of fused-ring (bicyclic) bond motifs is 10. The summed E-state index contributed by atoms with van der Waals surface area (Å²) in [4.78, 5) is 0. The smallest absolute Gasteiger partial charge is 0.0596 e. The van der Waals surface area contributed by atoms with Crippen molar-refractivity contribution in [1.29, 1.82) is 0 Å². The second kappa shape index (κ2) is 14.6. The summed E-state index contributed by atoms with van der Waals surface area (Å²) in [7, 11) is 0. The lowest BCUT2D eigenvalue weighted by Gasteiger charge is -2.61. The third kappa shape index (κ3) is 6.28. The van der Waals surface area contributed by atoms with Crippen LogP contribution in [-0.4, -0.2) is 56.1 Å². The first-order valence-electron chi connectivity index (χ1n) is 18.6. The third-order valence-corrected chi connectivity index (χ3v) is 16.6. The lowest BCUT2D eigenvalue weighted by Crippen LogP contribution is -2.58. The molecule has 0 aliphatic heterocycles. The summed E-state index contributed by atoms with van der Waals surface area (Å²) in [6.07, 6.45) is 18.7. The van der Waals surface area contributed by atoms with E-state index in [0.29, 0.717) is 29.1 Å². The van der Waals surface area contributed by atoms with E-state index in [4.69, 9.17) is 0 Å². The molecular weight excluding hydrogens is 917 g/mol. The Hall–Kier alpha value is 1.73. The molecule has 5 nitrogen and oxygen atoms in total. The highest BCUT2D eigenvalue weighted by Crippen LogP contribution is 2.67. The fraction of sp³-hybridized carbons (Fsp3) is 0.947. The highest BCUT2D eigenvalue weighted by Gasteiger charge is 2.62. The molecule has 8 aliphatic carbocycles. The zero-order valence-electron chi connectivity index (χ0n) is 28.7. The number of aliphatic hydroxyl groups excluding tert-OH is 5. The van der Waals surface area contributed by atoms with Gasteiger partial charge in [-0.3, -0.25) is 0 Å². The summed E-state index contributed by atoms with van der Waals surface area (Å²) < 4.78 is 0. The molecule has 0 spiro atoms. The molecule has 0 aromatic carbocycles. The Morgan fingerprint density at radius 1 is 0.565 bits per heavy atom. The zero-order chi connectivity index (χ0) is 32.5. The average Bonchev–Trinajstić information content (AvgIpc) is 3.50. The van der Waals surface area contributed by atoms with Gasteiger partial charge < -0.3 is 25.5 Å². The van der Waals surface area contributed by atoms with Gasteiger partial charge in [0.2, 0.25) is 0 Å².